The van der Waals surface area contributed by atoms with Gasteiger partial charge < -0.3 is 19.7 Å². The van der Waals surface area contributed by atoms with E-state index in [9.17, 15) is 14.9 Å². The summed E-state index contributed by atoms with van der Waals surface area (Å²) < 4.78 is 11.1. The predicted octanol–water partition coefficient (Wildman–Crippen LogP) is 3.78. The van der Waals surface area contributed by atoms with Gasteiger partial charge in [0.05, 0.1) is 11.5 Å². The molecule has 2 aromatic rings. The Kier molecular flexibility index (Phi) is 6.46. The van der Waals surface area contributed by atoms with E-state index in [-0.39, 0.29) is 11.7 Å². The second-order valence-corrected chi connectivity index (χ2v) is 6.80. The summed E-state index contributed by atoms with van der Waals surface area (Å²) in [5.41, 5.74) is 2.11. The van der Waals surface area contributed by atoms with Crippen LogP contribution >= 0.6 is 0 Å². The van der Waals surface area contributed by atoms with Gasteiger partial charge >= 0.3 is 6.09 Å². The average Bonchev–Trinajstić information content (AvgIpc) is 2.90. The van der Waals surface area contributed by atoms with E-state index in [1.165, 1.54) is 17.0 Å². The van der Waals surface area contributed by atoms with Gasteiger partial charge in [-0.1, -0.05) is 18.2 Å². The molecule has 152 valence electrons. The molecular formula is C21H23N3O5. The fourth-order valence-electron chi connectivity index (χ4n) is 2.99. The highest BCUT2D eigenvalue weighted by molar-refractivity contribution is 5.70. The van der Waals surface area contributed by atoms with E-state index in [1.807, 2.05) is 24.3 Å². The van der Waals surface area contributed by atoms with Gasteiger partial charge in [-0.15, -0.1) is 0 Å². The number of benzene rings is 2. The minimum absolute atomic E-state index is 0.0357. The number of fused-ring (bicyclic) bond motifs is 1. The van der Waals surface area contributed by atoms with Crippen LogP contribution in [0.1, 0.15) is 23.6 Å². The molecular weight excluding hydrogens is 374 g/mol. The van der Waals surface area contributed by atoms with Crippen LogP contribution in [0.5, 0.6) is 11.5 Å². The molecule has 0 bridgehead atoms. The number of nitrogens with zero attached hydrogens (tertiary/aromatic N) is 2. The number of rotatable bonds is 6. The van der Waals surface area contributed by atoms with Crippen LogP contribution in [0.2, 0.25) is 0 Å². The van der Waals surface area contributed by atoms with Gasteiger partial charge in [0.15, 0.2) is 0 Å². The fourth-order valence-corrected chi connectivity index (χ4v) is 2.99. The van der Waals surface area contributed by atoms with E-state index in [2.05, 4.69) is 5.32 Å². The van der Waals surface area contributed by atoms with E-state index >= 15 is 0 Å². The molecule has 0 aromatic heterocycles. The Morgan fingerprint density at radius 2 is 1.93 bits per heavy atom. The van der Waals surface area contributed by atoms with Crippen LogP contribution in [0.25, 0.3) is 6.08 Å². The van der Waals surface area contributed by atoms with Crippen LogP contribution in [0.15, 0.2) is 48.5 Å². The van der Waals surface area contributed by atoms with Crippen molar-refractivity contribution in [1.29, 1.82) is 0 Å². The number of hydrogen-bond donors (Lipinski definition) is 1. The van der Waals surface area contributed by atoms with Gasteiger partial charge in [-0.2, -0.15) is 0 Å². The van der Waals surface area contributed by atoms with E-state index < -0.39 is 11.0 Å². The Balaban J connectivity index is 1.64. The molecule has 3 rings (SSSR count). The molecule has 1 heterocycles. The van der Waals surface area contributed by atoms with Crippen molar-refractivity contribution in [3.8, 4) is 11.5 Å². The zero-order valence-corrected chi connectivity index (χ0v) is 16.3. The zero-order valence-electron chi connectivity index (χ0n) is 16.3. The molecule has 0 fully saturated rings. The third kappa shape index (κ3) is 5.32. The van der Waals surface area contributed by atoms with E-state index in [4.69, 9.17) is 9.47 Å². The minimum Gasteiger partial charge on any atom is -0.494 e. The summed E-state index contributed by atoms with van der Waals surface area (Å²) in [6.45, 7) is 1.16. The molecule has 0 saturated heterocycles. The largest absolute Gasteiger partial charge is 0.494 e. The van der Waals surface area contributed by atoms with Crippen molar-refractivity contribution >= 4 is 17.9 Å². The maximum atomic E-state index is 11.8. The number of carbonyl (C=O) groups is 1. The second kappa shape index (κ2) is 9.20. The molecule has 0 spiro atoms. The Morgan fingerprint density at radius 3 is 2.62 bits per heavy atom. The zero-order chi connectivity index (χ0) is 20.8. The number of non-ortho nitro benzene ring substituents is 1. The lowest BCUT2D eigenvalue weighted by Gasteiger charge is -2.20. The summed E-state index contributed by atoms with van der Waals surface area (Å²) in [5, 5.41) is 14.2. The molecule has 1 unspecified atom stereocenters. The van der Waals surface area contributed by atoms with Gasteiger partial charge in [0.2, 0.25) is 0 Å². The van der Waals surface area contributed by atoms with Crippen molar-refractivity contribution in [3.63, 3.8) is 0 Å². The maximum absolute atomic E-state index is 11.8. The lowest BCUT2D eigenvalue weighted by Crippen LogP contribution is -2.25. The van der Waals surface area contributed by atoms with E-state index in [0.29, 0.717) is 31.1 Å². The number of ether oxygens (including phenoxy) is 2. The van der Waals surface area contributed by atoms with Crippen LogP contribution in [0.4, 0.5) is 10.5 Å². The summed E-state index contributed by atoms with van der Waals surface area (Å²) in [6, 6.07) is 11.7. The Bertz CT molecular complexity index is 909. The first-order valence-electron chi connectivity index (χ1n) is 9.24. The van der Waals surface area contributed by atoms with Crippen LogP contribution < -0.4 is 14.8 Å². The monoisotopic (exact) mass is 397 g/mol. The molecule has 29 heavy (non-hydrogen) atoms. The molecule has 8 nitrogen and oxygen atoms in total. The summed E-state index contributed by atoms with van der Waals surface area (Å²) in [5.74, 6) is 1.09. The molecule has 0 aliphatic carbocycles. The highest BCUT2D eigenvalue weighted by Gasteiger charge is 2.18. The Hall–Kier alpha value is -3.39. The van der Waals surface area contributed by atoms with Crippen LogP contribution in [0.3, 0.4) is 0 Å². The maximum Gasteiger partial charge on any atom is 0.414 e. The average molecular weight is 397 g/mol. The van der Waals surface area contributed by atoms with Crippen molar-refractivity contribution < 1.29 is 19.2 Å². The van der Waals surface area contributed by atoms with Crippen molar-refractivity contribution in [3.05, 3.63) is 69.8 Å². The third-order valence-electron chi connectivity index (χ3n) is 4.51. The van der Waals surface area contributed by atoms with Gasteiger partial charge in [-0.05, 0) is 35.4 Å². The smallest absolute Gasteiger partial charge is 0.414 e. The number of nitrogens with one attached hydrogen (secondary N) is 1. The highest BCUT2D eigenvalue weighted by atomic mass is 16.6. The summed E-state index contributed by atoms with van der Waals surface area (Å²) in [4.78, 5) is 23.4. The van der Waals surface area contributed by atoms with Crippen molar-refractivity contribution in [1.82, 2.24) is 10.2 Å². The standard InChI is InChI=1S/C21H23N3O5/c1-23(2)21(25)29-18-9-10-19-15(14-18)4-3-12-22-20(19)11-13-28-17-7-5-16(6-8-17)24(26)27/h3-10,14,20,22H,11-13H2,1-2H3. The Morgan fingerprint density at radius 1 is 1.21 bits per heavy atom. The highest BCUT2D eigenvalue weighted by Crippen LogP contribution is 2.28. The molecule has 2 aromatic carbocycles. The number of amides is 1. The summed E-state index contributed by atoms with van der Waals surface area (Å²) in [7, 11) is 3.27. The molecule has 1 aliphatic heterocycles. The normalized spacial score (nSPS) is 15.2. The van der Waals surface area contributed by atoms with Crippen LogP contribution in [-0.4, -0.2) is 43.2 Å². The van der Waals surface area contributed by atoms with E-state index in [1.54, 1.807) is 32.3 Å². The predicted molar refractivity (Wildman–Crippen MR) is 109 cm³/mol. The molecule has 1 atom stereocenters. The lowest BCUT2D eigenvalue weighted by molar-refractivity contribution is -0.384. The van der Waals surface area contributed by atoms with Crippen molar-refractivity contribution in [2.45, 2.75) is 12.5 Å². The topological polar surface area (TPSA) is 93.9 Å². The summed E-state index contributed by atoms with van der Waals surface area (Å²) in [6.07, 6.45) is 4.32. The van der Waals surface area contributed by atoms with Crippen LogP contribution in [0, 0.1) is 10.1 Å². The second-order valence-electron chi connectivity index (χ2n) is 6.80. The molecule has 8 heteroatoms. The quantitative estimate of drug-likeness (QED) is 0.589. The van der Waals surface area contributed by atoms with Gasteiger partial charge in [0.25, 0.3) is 5.69 Å². The van der Waals surface area contributed by atoms with Gasteiger partial charge in [-0.3, -0.25) is 10.1 Å². The molecule has 0 radical (unpaired) electrons. The number of carbonyl (C=O) groups excluding carboxylic acids is 1. The van der Waals surface area contributed by atoms with Gasteiger partial charge in [-0.25, -0.2) is 4.79 Å². The molecule has 1 aliphatic rings. The number of nitro groups is 1. The SMILES string of the molecule is CN(C)C(=O)Oc1ccc2c(c1)C=CCNC2CCOc1ccc([N+](=O)[O-])cc1. The van der Waals surface area contributed by atoms with Crippen LogP contribution in [-0.2, 0) is 0 Å². The van der Waals surface area contributed by atoms with Gasteiger partial charge in [0.1, 0.15) is 11.5 Å². The lowest BCUT2D eigenvalue weighted by atomic mass is 9.98. The minimum atomic E-state index is -0.437. The molecule has 1 N–H and O–H groups in total. The Labute approximate surface area is 168 Å². The first-order chi connectivity index (χ1) is 13.9. The third-order valence-corrected chi connectivity index (χ3v) is 4.51. The fraction of sp³-hybridized carbons (Fsp3) is 0.286. The molecule has 0 saturated carbocycles. The number of hydrogen-bond acceptors (Lipinski definition) is 6. The van der Waals surface area contributed by atoms with E-state index in [0.717, 1.165) is 11.1 Å². The van der Waals surface area contributed by atoms with Crippen molar-refractivity contribution in [2.75, 3.05) is 27.2 Å². The van der Waals surface area contributed by atoms with Gasteiger partial charge in [0, 0.05) is 45.2 Å². The molecule has 1 amide bonds. The number of nitro benzene ring substituents is 1. The van der Waals surface area contributed by atoms with Crippen molar-refractivity contribution in [2.24, 2.45) is 0 Å². The first kappa shape index (κ1) is 20.3. The first-order valence-corrected chi connectivity index (χ1v) is 9.24. The summed E-state index contributed by atoms with van der Waals surface area (Å²) >= 11 is 0.